The third-order valence-corrected chi connectivity index (χ3v) is 6.12. The van der Waals surface area contributed by atoms with Crippen LogP contribution in [-0.2, 0) is 17.9 Å². The number of H-pyrrole nitrogens is 1. The van der Waals surface area contributed by atoms with Crippen LogP contribution in [0.15, 0.2) is 24.5 Å². The first kappa shape index (κ1) is 20.0. The Bertz CT molecular complexity index is 785. The highest BCUT2D eigenvalue weighted by Crippen LogP contribution is 2.24. The van der Waals surface area contributed by atoms with E-state index in [4.69, 9.17) is 0 Å². The fourth-order valence-corrected chi connectivity index (χ4v) is 4.52. The molecule has 0 aliphatic carbocycles. The minimum absolute atomic E-state index is 0.0682. The zero-order chi connectivity index (χ0) is 20.1. The second-order valence-electron chi connectivity index (χ2n) is 8.25. The molecule has 0 unspecified atom stereocenters. The molecule has 2 aromatic heterocycles. The number of aromatic amines is 1. The van der Waals surface area contributed by atoms with Crippen molar-refractivity contribution < 1.29 is 4.79 Å². The molecule has 0 aromatic carbocycles. The quantitative estimate of drug-likeness (QED) is 0.768. The van der Waals surface area contributed by atoms with Gasteiger partial charge in [-0.15, -0.1) is 0 Å². The lowest BCUT2D eigenvalue weighted by molar-refractivity contribution is -0.127. The van der Waals surface area contributed by atoms with E-state index in [-0.39, 0.29) is 11.8 Å². The number of rotatable bonds is 6. The van der Waals surface area contributed by atoms with Gasteiger partial charge in [0, 0.05) is 31.5 Å². The number of carbonyl (C=O) groups excluding carboxylic acids is 1. The van der Waals surface area contributed by atoms with E-state index in [0.29, 0.717) is 18.4 Å². The summed E-state index contributed by atoms with van der Waals surface area (Å²) in [6.07, 6.45) is 8.14. The summed E-state index contributed by atoms with van der Waals surface area (Å²) >= 11 is 0. The summed E-state index contributed by atoms with van der Waals surface area (Å²) in [7, 11) is 0. The van der Waals surface area contributed by atoms with Gasteiger partial charge < -0.3 is 5.32 Å². The van der Waals surface area contributed by atoms with Crippen molar-refractivity contribution in [3.63, 3.8) is 0 Å². The van der Waals surface area contributed by atoms with Crippen molar-refractivity contribution in [1.82, 2.24) is 35.3 Å². The molecule has 0 radical (unpaired) electrons. The molecule has 2 N–H and O–H groups in total. The number of hydrogen-bond donors (Lipinski definition) is 2. The number of nitrogens with zero attached hydrogens (tertiary/aromatic N) is 5. The molecule has 0 spiro atoms. The van der Waals surface area contributed by atoms with E-state index in [2.05, 4.69) is 47.4 Å². The van der Waals surface area contributed by atoms with E-state index < -0.39 is 0 Å². The van der Waals surface area contributed by atoms with Crippen molar-refractivity contribution >= 4 is 5.91 Å². The lowest BCUT2D eigenvalue weighted by atomic mass is 9.93. The largest absolute Gasteiger partial charge is 0.348 e. The van der Waals surface area contributed by atoms with Crippen LogP contribution in [0.2, 0.25) is 0 Å². The maximum Gasteiger partial charge on any atom is 0.224 e. The molecule has 2 fully saturated rings. The highest BCUT2D eigenvalue weighted by atomic mass is 16.1. The van der Waals surface area contributed by atoms with Crippen LogP contribution in [-0.4, -0.2) is 68.1 Å². The molecule has 4 heterocycles. The predicted molar refractivity (Wildman–Crippen MR) is 110 cm³/mol. The van der Waals surface area contributed by atoms with Crippen LogP contribution in [0, 0.1) is 12.8 Å². The van der Waals surface area contributed by atoms with Crippen LogP contribution in [0.1, 0.15) is 42.9 Å². The van der Waals surface area contributed by atoms with Gasteiger partial charge >= 0.3 is 0 Å². The van der Waals surface area contributed by atoms with Crippen LogP contribution in [0.5, 0.6) is 0 Å². The highest BCUT2D eigenvalue weighted by Gasteiger charge is 2.31. The van der Waals surface area contributed by atoms with E-state index in [1.54, 1.807) is 0 Å². The predicted octanol–water partition coefficient (Wildman–Crippen LogP) is 1.50. The molecule has 156 valence electrons. The molecule has 8 nitrogen and oxygen atoms in total. The van der Waals surface area contributed by atoms with Crippen molar-refractivity contribution in [3.05, 3.63) is 41.7 Å². The molecular formula is C21H31N7O. The molecule has 0 bridgehead atoms. The molecule has 1 atom stereocenters. The Hall–Kier alpha value is -2.32. The van der Waals surface area contributed by atoms with Crippen molar-refractivity contribution in [2.24, 2.45) is 5.92 Å². The molecular weight excluding hydrogens is 366 g/mol. The number of pyridine rings is 1. The Morgan fingerprint density at radius 3 is 2.72 bits per heavy atom. The Morgan fingerprint density at radius 2 is 2.00 bits per heavy atom. The summed E-state index contributed by atoms with van der Waals surface area (Å²) in [6.45, 7) is 7.47. The molecule has 2 aromatic rings. The fourth-order valence-electron chi connectivity index (χ4n) is 4.52. The topological polar surface area (TPSA) is 90.0 Å². The van der Waals surface area contributed by atoms with Crippen LogP contribution < -0.4 is 5.32 Å². The van der Waals surface area contributed by atoms with Crippen molar-refractivity contribution in [2.45, 2.75) is 51.7 Å². The molecule has 2 saturated heterocycles. The number of amides is 1. The zero-order valence-electron chi connectivity index (χ0n) is 17.2. The summed E-state index contributed by atoms with van der Waals surface area (Å²) in [6, 6.07) is 4.79. The smallest absolute Gasteiger partial charge is 0.224 e. The Kier molecular flexibility index (Phi) is 6.51. The standard InChI is InChI=1S/C21H31N7O/c1-16-24-20(26-25-16)13-23-21(29)18-3-2-10-28(15-18)19-6-11-27(12-7-19)14-17-4-8-22-9-5-17/h4-5,8-9,18-19H,2-3,6-7,10-15H2,1H3,(H,23,29)(H,24,25,26)/t18-/m0/s1. The summed E-state index contributed by atoms with van der Waals surface area (Å²) in [5.74, 6) is 1.62. The summed E-state index contributed by atoms with van der Waals surface area (Å²) < 4.78 is 0. The van der Waals surface area contributed by atoms with Crippen LogP contribution in [0.4, 0.5) is 0 Å². The molecule has 0 saturated carbocycles. The second-order valence-corrected chi connectivity index (χ2v) is 8.25. The Morgan fingerprint density at radius 1 is 1.21 bits per heavy atom. The zero-order valence-corrected chi connectivity index (χ0v) is 17.2. The lowest BCUT2D eigenvalue weighted by Crippen LogP contribution is -2.50. The van der Waals surface area contributed by atoms with Gasteiger partial charge in [0.25, 0.3) is 0 Å². The van der Waals surface area contributed by atoms with E-state index in [0.717, 1.165) is 51.4 Å². The van der Waals surface area contributed by atoms with Gasteiger partial charge in [-0.05, 0) is 69.9 Å². The SMILES string of the molecule is Cc1nc(CNC(=O)[C@H]2CCCN(C3CCN(Cc4ccncc4)CC3)C2)n[nH]1. The monoisotopic (exact) mass is 397 g/mol. The van der Waals surface area contributed by atoms with E-state index in [9.17, 15) is 4.79 Å². The maximum atomic E-state index is 12.6. The van der Waals surface area contributed by atoms with Crippen molar-refractivity contribution in [3.8, 4) is 0 Å². The second kappa shape index (κ2) is 9.45. The minimum atomic E-state index is 0.0682. The molecule has 8 heteroatoms. The average Bonchev–Trinajstić information content (AvgIpc) is 3.18. The van der Waals surface area contributed by atoms with Gasteiger partial charge in [0.2, 0.25) is 5.91 Å². The number of aryl methyl sites for hydroxylation is 1. The Labute approximate surface area is 172 Å². The number of carbonyl (C=O) groups is 1. The molecule has 2 aliphatic rings. The third kappa shape index (κ3) is 5.39. The van der Waals surface area contributed by atoms with Gasteiger partial charge in [0.1, 0.15) is 5.82 Å². The first-order chi connectivity index (χ1) is 14.2. The highest BCUT2D eigenvalue weighted by molar-refractivity contribution is 5.78. The number of nitrogens with one attached hydrogen (secondary N) is 2. The van der Waals surface area contributed by atoms with Gasteiger partial charge in [-0.3, -0.25) is 24.7 Å². The summed E-state index contributed by atoms with van der Waals surface area (Å²) in [4.78, 5) is 26.1. The van der Waals surface area contributed by atoms with Crippen molar-refractivity contribution in [2.75, 3.05) is 26.2 Å². The van der Waals surface area contributed by atoms with Gasteiger partial charge in [0.05, 0.1) is 12.5 Å². The van der Waals surface area contributed by atoms with E-state index in [1.807, 2.05) is 19.3 Å². The van der Waals surface area contributed by atoms with Crippen LogP contribution >= 0.6 is 0 Å². The van der Waals surface area contributed by atoms with E-state index in [1.165, 1.54) is 18.4 Å². The minimum Gasteiger partial charge on any atom is -0.348 e. The van der Waals surface area contributed by atoms with Crippen molar-refractivity contribution in [1.29, 1.82) is 0 Å². The fraction of sp³-hybridized carbons (Fsp3) is 0.619. The average molecular weight is 398 g/mol. The van der Waals surface area contributed by atoms with Gasteiger partial charge in [-0.2, -0.15) is 5.10 Å². The maximum absolute atomic E-state index is 12.6. The molecule has 2 aliphatic heterocycles. The number of piperidine rings is 2. The van der Waals surface area contributed by atoms with Crippen LogP contribution in [0.3, 0.4) is 0 Å². The normalized spacial score (nSPS) is 21.9. The number of likely N-dealkylation sites (tertiary alicyclic amines) is 2. The van der Waals surface area contributed by atoms with Gasteiger partial charge in [-0.25, -0.2) is 4.98 Å². The van der Waals surface area contributed by atoms with Crippen LogP contribution in [0.25, 0.3) is 0 Å². The number of hydrogen-bond acceptors (Lipinski definition) is 6. The molecule has 1 amide bonds. The van der Waals surface area contributed by atoms with E-state index >= 15 is 0 Å². The molecule has 4 rings (SSSR count). The number of aromatic nitrogens is 4. The van der Waals surface area contributed by atoms with Gasteiger partial charge in [-0.1, -0.05) is 0 Å². The summed E-state index contributed by atoms with van der Waals surface area (Å²) in [5, 5.41) is 9.92. The Balaban J connectivity index is 1.23. The summed E-state index contributed by atoms with van der Waals surface area (Å²) in [5.41, 5.74) is 1.33. The molecule has 29 heavy (non-hydrogen) atoms. The first-order valence-electron chi connectivity index (χ1n) is 10.7. The first-order valence-corrected chi connectivity index (χ1v) is 10.7. The lowest BCUT2D eigenvalue weighted by Gasteiger charge is -2.42. The third-order valence-electron chi connectivity index (χ3n) is 6.12. The van der Waals surface area contributed by atoms with Gasteiger partial charge in [0.15, 0.2) is 5.82 Å².